The van der Waals surface area contributed by atoms with Crippen molar-refractivity contribution in [3.8, 4) is 0 Å². The van der Waals surface area contributed by atoms with Crippen LogP contribution in [0.5, 0.6) is 0 Å². The minimum Gasteiger partial charge on any atom is -0.393 e. The molecule has 37 heavy (non-hydrogen) atoms. The van der Waals surface area contributed by atoms with Gasteiger partial charge in [0.1, 0.15) is 0 Å². The van der Waals surface area contributed by atoms with Gasteiger partial charge in [-0.1, -0.05) is 54.9 Å². The lowest BCUT2D eigenvalue weighted by atomic mass is 9.34. The summed E-state index contributed by atoms with van der Waals surface area (Å²) >= 11 is 0. The van der Waals surface area contributed by atoms with Crippen LogP contribution in [0.15, 0.2) is 0 Å². The molecule has 0 radical (unpaired) electrons. The zero-order chi connectivity index (χ0) is 27.1. The van der Waals surface area contributed by atoms with Crippen LogP contribution < -0.4 is 0 Å². The van der Waals surface area contributed by atoms with E-state index in [0.29, 0.717) is 35.9 Å². The number of ether oxygens (including phenoxy) is 1. The molecule has 5 rings (SSSR count). The first-order chi connectivity index (χ1) is 17.3. The molecule has 214 valence electrons. The molecule has 4 aliphatic carbocycles. The first-order valence-corrected chi connectivity index (χ1v) is 16.0. The Morgan fingerprint density at radius 1 is 0.919 bits per heavy atom. The largest absolute Gasteiger partial charge is 0.393 e. The molecule has 0 aromatic carbocycles. The molecule has 0 bridgehead atoms. The van der Waals surface area contributed by atoms with E-state index in [1.54, 1.807) is 0 Å². The van der Waals surface area contributed by atoms with E-state index in [1.165, 1.54) is 44.9 Å². The van der Waals surface area contributed by atoms with Crippen LogP contribution in [0.1, 0.15) is 113 Å². The number of fused-ring (bicyclic) bond motifs is 3. The highest BCUT2D eigenvalue weighted by Gasteiger charge is 2.70. The van der Waals surface area contributed by atoms with Crippen molar-refractivity contribution in [2.45, 2.75) is 144 Å². The lowest BCUT2D eigenvalue weighted by Gasteiger charge is -2.72. The summed E-state index contributed by atoms with van der Waals surface area (Å²) in [6.45, 7) is 18.3. The Balaban J connectivity index is 1.49. The molecule has 4 heteroatoms. The van der Waals surface area contributed by atoms with Crippen molar-refractivity contribution in [2.24, 2.45) is 63.6 Å². The van der Waals surface area contributed by atoms with Crippen LogP contribution in [0.4, 0.5) is 0 Å². The summed E-state index contributed by atoms with van der Waals surface area (Å²) in [7, 11) is 0. The van der Waals surface area contributed by atoms with Crippen LogP contribution in [0.2, 0.25) is 0 Å². The first-order valence-electron chi connectivity index (χ1n) is 16.0. The van der Waals surface area contributed by atoms with Crippen LogP contribution in [0, 0.1) is 63.6 Å². The SMILES string of the molecule is CCCC1CCC(C2CCC(C)C3C(O)C4C(C)C5(C)C(O)C(C(C)O)C(C)CC5(C)CC4(C)CC23)O1. The highest BCUT2D eigenvalue weighted by molar-refractivity contribution is 5.18. The van der Waals surface area contributed by atoms with Crippen LogP contribution in [-0.4, -0.2) is 45.8 Å². The minimum atomic E-state index is -0.551. The third-order valence-electron chi connectivity index (χ3n) is 13.7. The van der Waals surface area contributed by atoms with Gasteiger partial charge in [-0.15, -0.1) is 0 Å². The van der Waals surface area contributed by atoms with Gasteiger partial charge in [-0.2, -0.15) is 0 Å². The number of hydrogen-bond acceptors (Lipinski definition) is 4. The second-order valence-electron chi connectivity index (χ2n) is 15.7. The van der Waals surface area contributed by atoms with Crippen molar-refractivity contribution in [3.63, 3.8) is 0 Å². The average Bonchev–Trinajstić information content (AvgIpc) is 3.24. The molecule has 3 N–H and O–H groups in total. The molecule has 0 aromatic rings. The Bertz CT molecular complexity index is 829. The number of hydrogen-bond donors (Lipinski definition) is 3. The Morgan fingerprint density at radius 2 is 1.62 bits per heavy atom. The van der Waals surface area contributed by atoms with Gasteiger partial charge in [0, 0.05) is 11.3 Å². The van der Waals surface area contributed by atoms with E-state index < -0.39 is 12.2 Å². The van der Waals surface area contributed by atoms with Crippen molar-refractivity contribution in [3.05, 3.63) is 0 Å². The van der Waals surface area contributed by atoms with Crippen LogP contribution in [0.3, 0.4) is 0 Å². The second kappa shape index (κ2) is 9.74. The summed E-state index contributed by atoms with van der Waals surface area (Å²) in [4.78, 5) is 0. The zero-order valence-electron chi connectivity index (χ0n) is 25.1. The molecule has 5 fully saturated rings. The van der Waals surface area contributed by atoms with E-state index in [-0.39, 0.29) is 46.0 Å². The molecule has 1 saturated heterocycles. The lowest BCUT2D eigenvalue weighted by Crippen LogP contribution is -2.70. The molecule has 4 saturated carbocycles. The number of aliphatic hydroxyl groups excluding tert-OH is 3. The summed E-state index contributed by atoms with van der Waals surface area (Å²) < 4.78 is 6.70. The van der Waals surface area contributed by atoms with E-state index >= 15 is 0 Å². The summed E-state index contributed by atoms with van der Waals surface area (Å²) in [5.74, 6) is 2.52. The van der Waals surface area contributed by atoms with Crippen molar-refractivity contribution < 1.29 is 20.1 Å². The quantitative estimate of drug-likeness (QED) is 0.400. The standard InChI is InChI=1S/C33H58O4/c1-9-10-22-12-14-25(37-22)23-13-11-18(2)27-24(23)16-31(6)17-32(7)15-19(3)26(21(5)34)30(36)33(32,8)20(4)28(31)29(27)35/h18-30,34-36H,9-17H2,1-8H3. The molecule has 16 unspecified atom stereocenters. The third-order valence-corrected chi connectivity index (χ3v) is 13.7. The zero-order valence-corrected chi connectivity index (χ0v) is 25.1. The first kappa shape index (κ1) is 28.4. The van der Waals surface area contributed by atoms with Crippen molar-refractivity contribution in [1.29, 1.82) is 0 Å². The second-order valence-corrected chi connectivity index (χ2v) is 15.7. The smallest absolute Gasteiger partial charge is 0.0656 e. The number of aliphatic hydroxyl groups is 3. The van der Waals surface area contributed by atoms with E-state index in [4.69, 9.17) is 4.74 Å². The molecular formula is C33H58O4. The van der Waals surface area contributed by atoms with Crippen molar-refractivity contribution in [2.75, 3.05) is 0 Å². The third kappa shape index (κ3) is 4.12. The maximum absolute atomic E-state index is 12.3. The fraction of sp³-hybridized carbons (Fsp3) is 1.00. The monoisotopic (exact) mass is 518 g/mol. The van der Waals surface area contributed by atoms with Gasteiger partial charge in [0.2, 0.25) is 0 Å². The summed E-state index contributed by atoms with van der Waals surface area (Å²) in [6.07, 6.45) is 9.90. The van der Waals surface area contributed by atoms with Gasteiger partial charge in [-0.05, 0) is 111 Å². The fourth-order valence-electron chi connectivity index (χ4n) is 12.1. The summed E-state index contributed by atoms with van der Waals surface area (Å²) in [5, 5.41) is 35.0. The number of rotatable bonds is 4. The maximum Gasteiger partial charge on any atom is 0.0656 e. The van der Waals surface area contributed by atoms with Crippen molar-refractivity contribution >= 4 is 0 Å². The van der Waals surface area contributed by atoms with Gasteiger partial charge < -0.3 is 20.1 Å². The molecule has 0 spiro atoms. The molecule has 4 nitrogen and oxygen atoms in total. The Labute approximate surface area is 227 Å². The van der Waals surface area contributed by atoms with Gasteiger partial charge in [0.05, 0.1) is 30.5 Å². The normalized spacial score (nSPS) is 58.8. The van der Waals surface area contributed by atoms with Gasteiger partial charge in [0.15, 0.2) is 0 Å². The summed E-state index contributed by atoms with van der Waals surface area (Å²) in [5.41, 5.74) is -0.277. The predicted molar refractivity (Wildman–Crippen MR) is 149 cm³/mol. The fourth-order valence-corrected chi connectivity index (χ4v) is 12.1. The van der Waals surface area contributed by atoms with Crippen LogP contribution >= 0.6 is 0 Å². The van der Waals surface area contributed by atoms with Crippen molar-refractivity contribution in [1.82, 2.24) is 0 Å². The molecule has 5 aliphatic rings. The molecular weight excluding hydrogens is 460 g/mol. The predicted octanol–water partition coefficient (Wildman–Crippen LogP) is 6.45. The topological polar surface area (TPSA) is 69.9 Å². The van der Waals surface area contributed by atoms with Crippen LogP contribution in [-0.2, 0) is 4.74 Å². The maximum atomic E-state index is 12.3. The minimum absolute atomic E-state index is 0.0136. The molecule has 0 amide bonds. The Morgan fingerprint density at radius 3 is 2.27 bits per heavy atom. The van der Waals surface area contributed by atoms with Gasteiger partial charge in [-0.3, -0.25) is 0 Å². The van der Waals surface area contributed by atoms with Gasteiger partial charge in [-0.25, -0.2) is 0 Å². The van der Waals surface area contributed by atoms with E-state index in [0.717, 1.165) is 12.8 Å². The highest BCUT2D eigenvalue weighted by Crippen LogP contribution is 2.73. The highest BCUT2D eigenvalue weighted by atomic mass is 16.5. The van der Waals surface area contributed by atoms with Gasteiger partial charge >= 0.3 is 0 Å². The molecule has 1 heterocycles. The van der Waals surface area contributed by atoms with E-state index in [1.807, 2.05) is 6.92 Å². The van der Waals surface area contributed by atoms with Crippen LogP contribution in [0.25, 0.3) is 0 Å². The summed E-state index contributed by atoms with van der Waals surface area (Å²) in [6, 6.07) is 0. The molecule has 1 aliphatic heterocycles. The lowest BCUT2D eigenvalue weighted by molar-refractivity contribution is -0.280. The Kier molecular flexibility index (Phi) is 7.47. The average molecular weight is 519 g/mol. The Hall–Kier alpha value is -0.160. The van der Waals surface area contributed by atoms with E-state index in [9.17, 15) is 15.3 Å². The molecule has 16 atom stereocenters. The van der Waals surface area contributed by atoms with E-state index in [2.05, 4.69) is 48.5 Å². The van der Waals surface area contributed by atoms with Gasteiger partial charge in [0.25, 0.3) is 0 Å². The molecule has 0 aromatic heterocycles.